The van der Waals surface area contributed by atoms with Gasteiger partial charge < -0.3 is 15.0 Å². The van der Waals surface area contributed by atoms with Crippen LogP contribution in [-0.2, 0) is 9.53 Å². The third-order valence-electron chi connectivity index (χ3n) is 4.63. The summed E-state index contributed by atoms with van der Waals surface area (Å²) in [7, 11) is 0. The number of hydrogen-bond donors (Lipinski definition) is 1. The number of rotatable bonds is 5. The van der Waals surface area contributed by atoms with E-state index in [-0.39, 0.29) is 17.9 Å². The molecule has 1 unspecified atom stereocenters. The van der Waals surface area contributed by atoms with Crippen LogP contribution in [0.15, 0.2) is 17.5 Å². The Kier molecular flexibility index (Phi) is 6.23. The first-order chi connectivity index (χ1) is 11.8. The second-order valence-corrected chi connectivity index (χ2v) is 7.18. The summed E-state index contributed by atoms with van der Waals surface area (Å²) in [5.41, 5.74) is 0. The maximum absolute atomic E-state index is 12.6. The first-order valence-electron chi connectivity index (χ1n) is 8.68. The first kappa shape index (κ1) is 17.4. The highest BCUT2D eigenvalue weighted by Crippen LogP contribution is 2.21. The quantitative estimate of drug-likeness (QED) is 0.866. The van der Waals surface area contributed by atoms with E-state index in [2.05, 4.69) is 10.2 Å². The highest BCUT2D eigenvalue weighted by atomic mass is 32.1. The van der Waals surface area contributed by atoms with Crippen molar-refractivity contribution < 1.29 is 14.3 Å². The Hall–Kier alpha value is -1.44. The lowest BCUT2D eigenvalue weighted by Crippen LogP contribution is -2.52. The largest absolute Gasteiger partial charge is 0.379 e. The molecular formula is C17H25N3O3S. The summed E-state index contributed by atoms with van der Waals surface area (Å²) >= 11 is 1.43. The number of morpholine rings is 1. The van der Waals surface area contributed by atoms with Crippen molar-refractivity contribution in [3.63, 3.8) is 0 Å². The van der Waals surface area contributed by atoms with E-state index < -0.39 is 0 Å². The summed E-state index contributed by atoms with van der Waals surface area (Å²) in [6, 6.07) is 3.37. The van der Waals surface area contributed by atoms with Crippen LogP contribution in [0, 0.1) is 0 Å². The van der Waals surface area contributed by atoms with Crippen LogP contribution in [-0.4, -0.2) is 73.6 Å². The molecule has 1 aromatic heterocycles. The molecular weight excluding hydrogens is 326 g/mol. The van der Waals surface area contributed by atoms with Crippen molar-refractivity contribution in [2.75, 3.05) is 45.9 Å². The molecule has 24 heavy (non-hydrogen) atoms. The predicted molar refractivity (Wildman–Crippen MR) is 93.3 cm³/mol. The number of hydrogen-bond acceptors (Lipinski definition) is 5. The van der Waals surface area contributed by atoms with Crippen molar-refractivity contribution >= 4 is 23.2 Å². The molecule has 132 valence electrons. The van der Waals surface area contributed by atoms with Gasteiger partial charge in [-0.1, -0.05) is 6.07 Å². The van der Waals surface area contributed by atoms with Crippen LogP contribution in [0.4, 0.5) is 0 Å². The Morgan fingerprint density at radius 3 is 2.83 bits per heavy atom. The van der Waals surface area contributed by atoms with Crippen LogP contribution >= 0.6 is 11.3 Å². The average molecular weight is 351 g/mol. The number of ether oxygens (including phenoxy) is 1. The van der Waals surface area contributed by atoms with Crippen molar-refractivity contribution in [2.45, 2.75) is 25.3 Å². The van der Waals surface area contributed by atoms with Crippen LogP contribution < -0.4 is 5.32 Å². The molecule has 1 atom stereocenters. The zero-order valence-corrected chi connectivity index (χ0v) is 14.7. The molecule has 2 aliphatic rings. The third-order valence-corrected chi connectivity index (χ3v) is 5.49. The lowest BCUT2D eigenvalue weighted by Gasteiger charge is -2.34. The van der Waals surface area contributed by atoms with Crippen LogP contribution in [0.1, 0.15) is 28.9 Å². The van der Waals surface area contributed by atoms with E-state index in [1.165, 1.54) is 11.3 Å². The molecule has 2 amide bonds. The van der Waals surface area contributed by atoms with Gasteiger partial charge in [-0.15, -0.1) is 11.3 Å². The molecule has 0 saturated carbocycles. The van der Waals surface area contributed by atoms with Gasteiger partial charge in [-0.25, -0.2) is 0 Å². The Balaban J connectivity index is 1.52. The van der Waals surface area contributed by atoms with Gasteiger partial charge in [-0.2, -0.15) is 0 Å². The van der Waals surface area contributed by atoms with E-state index >= 15 is 0 Å². The summed E-state index contributed by atoms with van der Waals surface area (Å²) in [5.74, 6) is -0.0362. The van der Waals surface area contributed by atoms with E-state index in [1.54, 1.807) is 4.90 Å². The van der Waals surface area contributed by atoms with Gasteiger partial charge in [0.2, 0.25) is 5.91 Å². The molecule has 3 heterocycles. The zero-order chi connectivity index (χ0) is 16.8. The molecule has 0 aromatic carbocycles. The van der Waals surface area contributed by atoms with Crippen LogP contribution in [0.5, 0.6) is 0 Å². The van der Waals surface area contributed by atoms with Gasteiger partial charge in [0, 0.05) is 32.7 Å². The van der Waals surface area contributed by atoms with Gasteiger partial charge in [-0.05, 0) is 30.7 Å². The second kappa shape index (κ2) is 8.60. The topological polar surface area (TPSA) is 61.9 Å². The Morgan fingerprint density at radius 2 is 2.08 bits per heavy atom. The number of nitrogens with zero attached hydrogens (tertiary/aromatic N) is 2. The summed E-state index contributed by atoms with van der Waals surface area (Å²) in [4.78, 5) is 30.0. The van der Waals surface area contributed by atoms with Crippen LogP contribution in [0.25, 0.3) is 0 Å². The van der Waals surface area contributed by atoms with E-state index in [4.69, 9.17) is 4.74 Å². The summed E-state index contributed by atoms with van der Waals surface area (Å²) in [5, 5.41) is 4.92. The Morgan fingerprint density at radius 1 is 1.25 bits per heavy atom. The van der Waals surface area contributed by atoms with E-state index in [1.807, 2.05) is 17.5 Å². The molecule has 2 aliphatic heterocycles. The maximum atomic E-state index is 12.6. The molecule has 0 bridgehead atoms. The molecule has 3 rings (SSSR count). The SMILES string of the molecule is O=C(NCCN1CCOCC1)C1CCCCN1C(=O)c1cccs1. The number of likely N-dealkylation sites (tertiary alicyclic amines) is 1. The number of piperidine rings is 1. The van der Waals surface area contributed by atoms with E-state index in [0.29, 0.717) is 18.0 Å². The number of carbonyl (C=O) groups is 2. The van der Waals surface area contributed by atoms with Gasteiger partial charge in [0.1, 0.15) is 6.04 Å². The van der Waals surface area contributed by atoms with Crippen molar-refractivity contribution in [2.24, 2.45) is 0 Å². The van der Waals surface area contributed by atoms with Crippen LogP contribution in [0.2, 0.25) is 0 Å². The van der Waals surface area contributed by atoms with Gasteiger partial charge in [0.05, 0.1) is 18.1 Å². The van der Waals surface area contributed by atoms with E-state index in [0.717, 1.165) is 52.1 Å². The van der Waals surface area contributed by atoms with Crippen LogP contribution in [0.3, 0.4) is 0 Å². The predicted octanol–water partition coefficient (Wildman–Crippen LogP) is 1.19. The van der Waals surface area contributed by atoms with Gasteiger partial charge in [0.15, 0.2) is 0 Å². The van der Waals surface area contributed by atoms with Gasteiger partial charge in [0.25, 0.3) is 5.91 Å². The number of amides is 2. The monoisotopic (exact) mass is 351 g/mol. The standard InChI is InChI=1S/C17H25N3O3S/c21-16(18-6-8-19-9-11-23-12-10-19)14-4-1-2-7-20(14)17(22)15-5-3-13-24-15/h3,5,13-14H,1-2,4,6-12H2,(H,18,21). The van der Waals surface area contributed by atoms with Crippen molar-refractivity contribution in [1.82, 2.24) is 15.1 Å². The van der Waals surface area contributed by atoms with Gasteiger partial charge in [-0.3, -0.25) is 14.5 Å². The maximum Gasteiger partial charge on any atom is 0.264 e. The van der Waals surface area contributed by atoms with E-state index in [9.17, 15) is 9.59 Å². The van der Waals surface area contributed by atoms with Gasteiger partial charge >= 0.3 is 0 Å². The summed E-state index contributed by atoms with van der Waals surface area (Å²) < 4.78 is 5.33. The zero-order valence-electron chi connectivity index (χ0n) is 13.9. The van der Waals surface area contributed by atoms with Crippen molar-refractivity contribution in [3.05, 3.63) is 22.4 Å². The number of thiophene rings is 1. The lowest BCUT2D eigenvalue weighted by atomic mass is 10.0. The summed E-state index contributed by atoms with van der Waals surface area (Å²) in [6.45, 7) is 5.49. The average Bonchev–Trinajstić information content (AvgIpc) is 3.16. The lowest BCUT2D eigenvalue weighted by molar-refractivity contribution is -0.126. The minimum atomic E-state index is -0.335. The Bertz CT molecular complexity index is 543. The molecule has 1 aromatic rings. The minimum Gasteiger partial charge on any atom is -0.379 e. The molecule has 0 radical (unpaired) electrons. The summed E-state index contributed by atoms with van der Waals surface area (Å²) in [6.07, 6.45) is 2.71. The number of nitrogens with one attached hydrogen (secondary N) is 1. The highest BCUT2D eigenvalue weighted by molar-refractivity contribution is 7.12. The number of carbonyl (C=O) groups excluding carboxylic acids is 2. The fourth-order valence-electron chi connectivity index (χ4n) is 3.27. The van der Waals surface area contributed by atoms with Crippen molar-refractivity contribution in [1.29, 1.82) is 0 Å². The smallest absolute Gasteiger partial charge is 0.264 e. The molecule has 0 spiro atoms. The molecule has 2 fully saturated rings. The molecule has 6 nitrogen and oxygen atoms in total. The Labute approximate surface area is 146 Å². The second-order valence-electron chi connectivity index (χ2n) is 6.23. The molecule has 7 heteroatoms. The minimum absolute atomic E-state index is 0.0157. The fourth-order valence-corrected chi connectivity index (χ4v) is 3.95. The molecule has 2 saturated heterocycles. The van der Waals surface area contributed by atoms with Crippen molar-refractivity contribution in [3.8, 4) is 0 Å². The molecule has 0 aliphatic carbocycles. The normalized spacial score (nSPS) is 22.3. The molecule has 1 N–H and O–H groups in total. The third kappa shape index (κ3) is 4.34. The highest BCUT2D eigenvalue weighted by Gasteiger charge is 2.32. The first-order valence-corrected chi connectivity index (χ1v) is 9.56. The fraction of sp³-hybridized carbons (Fsp3) is 0.647.